The number of piperazine rings is 1. The number of hydrogen-bond donors (Lipinski definition) is 1. The Bertz CT molecular complexity index is 764. The molecular weight excluding hydrogens is 364 g/mol. The van der Waals surface area contributed by atoms with Crippen molar-refractivity contribution in [3.05, 3.63) is 63.9 Å². The first-order valence-electron chi connectivity index (χ1n) is 8.01. The molecule has 1 aliphatic heterocycles. The van der Waals surface area contributed by atoms with Crippen LogP contribution in [0.5, 0.6) is 0 Å². The van der Waals surface area contributed by atoms with Crippen LogP contribution in [-0.4, -0.2) is 37.1 Å². The minimum atomic E-state index is -0.313. The third-order valence-corrected chi connectivity index (χ3v) is 4.96. The van der Waals surface area contributed by atoms with Gasteiger partial charge in [0.25, 0.3) is 0 Å². The predicted molar refractivity (Wildman–Crippen MR) is 98.9 cm³/mol. The van der Waals surface area contributed by atoms with E-state index < -0.39 is 0 Å². The van der Waals surface area contributed by atoms with Crippen molar-refractivity contribution < 1.29 is 9.18 Å². The molecule has 1 saturated heterocycles. The molecule has 132 valence electrons. The van der Waals surface area contributed by atoms with Crippen LogP contribution in [0.15, 0.2) is 42.5 Å². The topological polar surface area (TPSA) is 35.6 Å². The number of carbonyl (C=O) groups excluding carboxylic acids is 1. The summed E-state index contributed by atoms with van der Waals surface area (Å²) < 4.78 is 13.6. The summed E-state index contributed by atoms with van der Waals surface area (Å²) >= 11 is 12.0. The lowest BCUT2D eigenvalue weighted by molar-refractivity contribution is 0.194. The van der Waals surface area contributed by atoms with Crippen LogP contribution in [0.2, 0.25) is 10.0 Å². The Morgan fingerprint density at radius 2 is 1.76 bits per heavy atom. The van der Waals surface area contributed by atoms with E-state index in [0.717, 1.165) is 5.69 Å². The maximum Gasteiger partial charge on any atom is 0.317 e. The lowest BCUT2D eigenvalue weighted by Gasteiger charge is -2.36. The molecule has 3 rings (SSSR count). The van der Waals surface area contributed by atoms with Crippen LogP contribution in [0.1, 0.15) is 5.56 Å². The van der Waals surface area contributed by atoms with Gasteiger partial charge in [-0.05, 0) is 24.3 Å². The number of nitrogens with zero attached hydrogens (tertiary/aromatic N) is 2. The van der Waals surface area contributed by atoms with Crippen molar-refractivity contribution in [2.45, 2.75) is 6.54 Å². The zero-order chi connectivity index (χ0) is 17.8. The van der Waals surface area contributed by atoms with E-state index in [1.807, 2.05) is 12.1 Å². The lowest BCUT2D eigenvalue weighted by atomic mass is 10.2. The van der Waals surface area contributed by atoms with Gasteiger partial charge in [0.2, 0.25) is 0 Å². The molecule has 0 spiro atoms. The van der Waals surface area contributed by atoms with E-state index in [-0.39, 0.29) is 18.4 Å². The van der Waals surface area contributed by atoms with Crippen LogP contribution in [0.3, 0.4) is 0 Å². The molecule has 1 N–H and O–H groups in total. The maximum atomic E-state index is 13.6. The van der Waals surface area contributed by atoms with Crippen molar-refractivity contribution in [3.8, 4) is 0 Å². The number of rotatable bonds is 3. The molecule has 1 fully saturated rings. The zero-order valence-electron chi connectivity index (χ0n) is 13.5. The van der Waals surface area contributed by atoms with Crippen molar-refractivity contribution in [2.24, 2.45) is 0 Å². The molecule has 0 radical (unpaired) electrons. The smallest absolute Gasteiger partial charge is 0.317 e. The summed E-state index contributed by atoms with van der Waals surface area (Å²) in [7, 11) is 0. The van der Waals surface area contributed by atoms with E-state index in [1.165, 1.54) is 6.07 Å². The fourth-order valence-corrected chi connectivity index (χ4v) is 3.07. The molecule has 2 amide bonds. The van der Waals surface area contributed by atoms with Crippen LogP contribution in [0.25, 0.3) is 0 Å². The highest BCUT2D eigenvalue weighted by atomic mass is 35.5. The third kappa shape index (κ3) is 4.35. The number of carbonyl (C=O) groups is 1. The molecule has 7 heteroatoms. The molecule has 2 aromatic carbocycles. The van der Waals surface area contributed by atoms with Crippen molar-refractivity contribution in [2.75, 3.05) is 31.1 Å². The Labute approximate surface area is 156 Å². The SMILES string of the molecule is O=C(NCc1ccccc1F)N1CCN(c2ccc(Cl)c(Cl)c2)CC1. The van der Waals surface area contributed by atoms with Gasteiger partial charge < -0.3 is 15.1 Å². The van der Waals surface area contributed by atoms with Gasteiger partial charge in [-0.3, -0.25) is 0 Å². The first-order chi connectivity index (χ1) is 12.0. The minimum Gasteiger partial charge on any atom is -0.368 e. The second-order valence-electron chi connectivity index (χ2n) is 5.82. The Morgan fingerprint density at radius 1 is 1.04 bits per heavy atom. The number of amides is 2. The summed E-state index contributed by atoms with van der Waals surface area (Å²) in [6, 6.07) is 11.8. The number of anilines is 1. The van der Waals surface area contributed by atoms with Gasteiger partial charge in [0.15, 0.2) is 0 Å². The molecule has 0 aromatic heterocycles. The van der Waals surface area contributed by atoms with Gasteiger partial charge in [-0.2, -0.15) is 0 Å². The van der Waals surface area contributed by atoms with Gasteiger partial charge in [0, 0.05) is 44.0 Å². The fourth-order valence-electron chi connectivity index (χ4n) is 2.77. The third-order valence-electron chi connectivity index (χ3n) is 4.22. The number of urea groups is 1. The Hall–Kier alpha value is -1.98. The Balaban J connectivity index is 1.52. The second-order valence-corrected chi connectivity index (χ2v) is 6.64. The number of halogens is 3. The summed E-state index contributed by atoms with van der Waals surface area (Å²) in [4.78, 5) is 16.1. The van der Waals surface area contributed by atoms with E-state index in [2.05, 4.69) is 10.2 Å². The fraction of sp³-hybridized carbons (Fsp3) is 0.278. The van der Waals surface area contributed by atoms with Crippen molar-refractivity contribution >= 4 is 34.9 Å². The molecule has 25 heavy (non-hydrogen) atoms. The summed E-state index contributed by atoms with van der Waals surface area (Å²) in [5.74, 6) is -0.313. The molecular formula is C18H18Cl2FN3O. The first-order valence-corrected chi connectivity index (χ1v) is 8.76. The molecule has 0 aliphatic carbocycles. The first kappa shape index (κ1) is 17.8. The molecule has 2 aromatic rings. The average Bonchev–Trinajstić information content (AvgIpc) is 2.63. The van der Waals surface area contributed by atoms with E-state index in [1.54, 1.807) is 29.2 Å². The van der Waals surface area contributed by atoms with Crippen molar-refractivity contribution in [1.29, 1.82) is 0 Å². The monoisotopic (exact) mass is 381 g/mol. The van der Waals surface area contributed by atoms with Crippen molar-refractivity contribution in [1.82, 2.24) is 10.2 Å². The Morgan fingerprint density at radius 3 is 2.44 bits per heavy atom. The minimum absolute atomic E-state index is 0.179. The largest absolute Gasteiger partial charge is 0.368 e. The van der Waals surface area contributed by atoms with Crippen LogP contribution in [0, 0.1) is 5.82 Å². The maximum absolute atomic E-state index is 13.6. The summed E-state index contributed by atoms with van der Waals surface area (Å²) in [5.41, 5.74) is 1.46. The van der Waals surface area contributed by atoms with E-state index in [9.17, 15) is 9.18 Å². The van der Waals surface area contributed by atoms with Gasteiger partial charge in [-0.15, -0.1) is 0 Å². The van der Waals surface area contributed by atoms with E-state index in [0.29, 0.717) is 41.8 Å². The second kappa shape index (κ2) is 7.93. The quantitative estimate of drug-likeness (QED) is 0.865. The van der Waals surface area contributed by atoms with Gasteiger partial charge in [0.1, 0.15) is 5.82 Å². The molecule has 0 bridgehead atoms. The summed E-state index contributed by atoms with van der Waals surface area (Å²) in [6.45, 7) is 2.75. The molecule has 4 nitrogen and oxygen atoms in total. The van der Waals surface area contributed by atoms with Crippen LogP contribution < -0.4 is 10.2 Å². The normalized spacial score (nSPS) is 14.5. The van der Waals surface area contributed by atoms with E-state index >= 15 is 0 Å². The highest BCUT2D eigenvalue weighted by molar-refractivity contribution is 6.42. The highest BCUT2D eigenvalue weighted by Gasteiger charge is 2.21. The van der Waals surface area contributed by atoms with Crippen LogP contribution in [-0.2, 0) is 6.54 Å². The Kier molecular flexibility index (Phi) is 5.66. The number of hydrogen-bond acceptors (Lipinski definition) is 2. The number of nitrogens with one attached hydrogen (secondary N) is 1. The predicted octanol–water partition coefficient (Wildman–Crippen LogP) is 4.16. The van der Waals surface area contributed by atoms with Crippen molar-refractivity contribution in [3.63, 3.8) is 0 Å². The molecule has 0 unspecified atom stereocenters. The van der Waals surface area contributed by atoms with Crippen LogP contribution >= 0.6 is 23.2 Å². The molecule has 1 heterocycles. The standard InChI is InChI=1S/C18H18Cl2FN3O/c19-15-6-5-14(11-16(15)20)23-7-9-24(10-8-23)18(25)22-12-13-3-1-2-4-17(13)21/h1-6,11H,7-10,12H2,(H,22,25). The van der Waals surface area contributed by atoms with Crippen LogP contribution in [0.4, 0.5) is 14.9 Å². The molecule has 0 atom stereocenters. The van der Waals surface area contributed by atoms with Gasteiger partial charge in [0.05, 0.1) is 10.0 Å². The highest BCUT2D eigenvalue weighted by Crippen LogP contribution is 2.27. The summed E-state index contributed by atoms with van der Waals surface area (Å²) in [6.07, 6.45) is 0. The van der Waals surface area contributed by atoms with Gasteiger partial charge in [-0.25, -0.2) is 9.18 Å². The molecule has 1 aliphatic rings. The van der Waals surface area contributed by atoms with Gasteiger partial charge >= 0.3 is 6.03 Å². The van der Waals surface area contributed by atoms with E-state index in [4.69, 9.17) is 23.2 Å². The molecule has 0 saturated carbocycles. The van der Waals surface area contributed by atoms with Gasteiger partial charge in [-0.1, -0.05) is 41.4 Å². The average molecular weight is 382 g/mol. The zero-order valence-corrected chi connectivity index (χ0v) is 15.0. The summed E-state index contributed by atoms with van der Waals surface area (Å²) in [5, 5.41) is 3.81. The number of benzene rings is 2. The lowest BCUT2D eigenvalue weighted by Crippen LogP contribution is -2.51.